The first-order chi connectivity index (χ1) is 10.3. The number of amides is 1. The van der Waals surface area contributed by atoms with Gasteiger partial charge in [0, 0.05) is 24.9 Å². The number of carboxylic acids is 1. The van der Waals surface area contributed by atoms with Gasteiger partial charge in [0.05, 0.1) is 5.92 Å². The van der Waals surface area contributed by atoms with Crippen molar-refractivity contribution in [3.63, 3.8) is 0 Å². The van der Waals surface area contributed by atoms with Gasteiger partial charge in [0.15, 0.2) is 5.96 Å². The molecule has 0 aromatic rings. The summed E-state index contributed by atoms with van der Waals surface area (Å²) >= 11 is 0. The summed E-state index contributed by atoms with van der Waals surface area (Å²) < 4.78 is 0. The van der Waals surface area contributed by atoms with Gasteiger partial charge in [-0.15, -0.1) is 0 Å². The van der Waals surface area contributed by atoms with Crippen molar-refractivity contribution >= 4 is 17.8 Å². The van der Waals surface area contributed by atoms with Crippen molar-refractivity contribution in [2.24, 2.45) is 23.5 Å². The molecule has 7 nitrogen and oxygen atoms in total. The molecule has 1 aliphatic rings. The second-order valence-electron chi connectivity index (χ2n) is 6.14. The number of hydrogen-bond acceptors (Lipinski definition) is 3. The van der Waals surface area contributed by atoms with Gasteiger partial charge in [0.2, 0.25) is 5.91 Å². The standard InChI is InChI=1S/C15H28N4O3/c1-4-9(5-2)13(18-8(3)20)11-6-10(14(21)22)7-12(11)19-15(16)17/h9-13H,4-7H2,1-3H3,(H,18,20)(H,21,22)(H4,16,17,19)/t10-,11-,12-,13-/m1/s1. The molecule has 1 amide bonds. The lowest BCUT2D eigenvalue weighted by molar-refractivity contribution is -0.141. The smallest absolute Gasteiger partial charge is 0.306 e. The number of carboxylic acid groups (broad SMARTS) is 1. The molecule has 4 atom stereocenters. The van der Waals surface area contributed by atoms with Crippen LogP contribution >= 0.6 is 0 Å². The molecular weight excluding hydrogens is 284 g/mol. The van der Waals surface area contributed by atoms with Crippen LogP contribution in [0.15, 0.2) is 0 Å². The molecule has 1 aliphatic carbocycles. The average Bonchev–Trinajstić information content (AvgIpc) is 2.81. The van der Waals surface area contributed by atoms with E-state index in [4.69, 9.17) is 11.1 Å². The molecule has 1 saturated carbocycles. The predicted octanol–water partition coefficient (Wildman–Crippen LogP) is 0.890. The lowest BCUT2D eigenvalue weighted by Gasteiger charge is -2.35. The maximum absolute atomic E-state index is 11.6. The van der Waals surface area contributed by atoms with E-state index in [1.54, 1.807) is 0 Å². The molecule has 0 bridgehead atoms. The van der Waals surface area contributed by atoms with Gasteiger partial charge < -0.3 is 21.5 Å². The second-order valence-corrected chi connectivity index (χ2v) is 6.14. The van der Waals surface area contributed by atoms with Gasteiger partial charge in [-0.05, 0) is 18.8 Å². The maximum Gasteiger partial charge on any atom is 0.306 e. The fourth-order valence-electron chi connectivity index (χ4n) is 3.64. The first-order valence-electron chi connectivity index (χ1n) is 7.90. The molecule has 22 heavy (non-hydrogen) atoms. The summed E-state index contributed by atoms with van der Waals surface area (Å²) in [5, 5.41) is 22.6. The molecule has 1 fully saturated rings. The van der Waals surface area contributed by atoms with Gasteiger partial charge in [0.1, 0.15) is 0 Å². The molecule has 7 heteroatoms. The number of guanidine groups is 1. The van der Waals surface area contributed by atoms with Gasteiger partial charge in [0.25, 0.3) is 0 Å². The molecule has 0 aromatic heterocycles. The molecule has 0 spiro atoms. The lowest BCUT2D eigenvalue weighted by Crippen LogP contribution is -2.51. The number of rotatable bonds is 7. The van der Waals surface area contributed by atoms with E-state index in [-0.39, 0.29) is 35.8 Å². The van der Waals surface area contributed by atoms with Crippen molar-refractivity contribution in [2.75, 3.05) is 0 Å². The van der Waals surface area contributed by atoms with E-state index in [9.17, 15) is 14.7 Å². The van der Waals surface area contributed by atoms with E-state index in [1.807, 2.05) is 0 Å². The van der Waals surface area contributed by atoms with Crippen LogP contribution < -0.4 is 16.4 Å². The van der Waals surface area contributed by atoms with Crippen molar-refractivity contribution in [1.82, 2.24) is 10.6 Å². The highest BCUT2D eigenvalue weighted by Gasteiger charge is 2.44. The summed E-state index contributed by atoms with van der Waals surface area (Å²) in [6.07, 6.45) is 2.72. The van der Waals surface area contributed by atoms with Gasteiger partial charge in [-0.2, -0.15) is 0 Å². The van der Waals surface area contributed by atoms with Crippen LogP contribution in [0.4, 0.5) is 0 Å². The molecule has 1 rings (SSSR count). The first-order valence-corrected chi connectivity index (χ1v) is 7.90. The molecule has 0 radical (unpaired) electrons. The van der Waals surface area contributed by atoms with E-state index in [2.05, 4.69) is 24.5 Å². The number of hydrogen-bond donors (Lipinski definition) is 5. The number of carbonyl (C=O) groups is 2. The van der Waals surface area contributed by atoms with E-state index < -0.39 is 11.9 Å². The fraction of sp³-hybridized carbons (Fsp3) is 0.800. The Bertz CT molecular complexity index is 423. The molecule has 0 aliphatic heterocycles. The van der Waals surface area contributed by atoms with Crippen LogP contribution in [0, 0.1) is 23.2 Å². The maximum atomic E-state index is 11.6. The monoisotopic (exact) mass is 312 g/mol. The van der Waals surface area contributed by atoms with Crippen molar-refractivity contribution in [2.45, 2.75) is 58.5 Å². The van der Waals surface area contributed by atoms with Gasteiger partial charge >= 0.3 is 5.97 Å². The minimum Gasteiger partial charge on any atom is -0.481 e. The zero-order valence-electron chi connectivity index (χ0n) is 13.6. The highest BCUT2D eigenvalue weighted by atomic mass is 16.4. The van der Waals surface area contributed by atoms with E-state index in [0.717, 1.165) is 12.8 Å². The summed E-state index contributed by atoms with van der Waals surface area (Å²) in [5.41, 5.74) is 5.44. The van der Waals surface area contributed by atoms with Crippen molar-refractivity contribution < 1.29 is 14.7 Å². The summed E-state index contributed by atoms with van der Waals surface area (Å²) in [6.45, 7) is 5.62. The Balaban J connectivity index is 3.02. The predicted molar refractivity (Wildman–Crippen MR) is 84.4 cm³/mol. The van der Waals surface area contributed by atoms with Crippen LogP contribution in [-0.2, 0) is 9.59 Å². The summed E-state index contributed by atoms with van der Waals surface area (Å²) in [7, 11) is 0. The summed E-state index contributed by atoms with van der Waals surface area (Å²) in [6, 6.07) is -0.301. The summed E-state index contributed by atoms with van der Waals surface area (Å²) in [5.74, 6) is -1.34. The van der Waals surface area contributed by atoms with Crippen LogP contribution in [-0.4, -0.2) is 35.0 Å². The molecule has 0 saturated heterocycles. The van der Waals surface area contributed by atoms with Crippen molar-refractivity contribution in [3.05, 3.63) is 0 Å². The number of aliphatic carboxylic acids is 1. The molecule has 0 unspecified atom stereocenters. The molecule has 0 aromatic carbocycles. The Morgan fingerprint density at radius 3 is 2.32 bits per heavy atom. The third-order valence-corrected chi connectivity index (χ3v) is 4.69. The molecular formula is C15H28N4O3. The quantitative estimate of drug-likeness (QED) is 0.352. The highest BCUT2D eigenvalue weighted by molar-refractivity contribution is 5.76. The normalized spacial score (nSPS) is 25.7. The zero-order chi connectivity index (χ0) is 16.9. The topological polar surface area (TPSA) is 128 Å². The van der Waals surface area contributed by atoms with Crippen LogP contribution in [0.5, 0.6) is 0 Å². The Morgan fingerprint density at radius 2 is 1.91 bits per heavy atom. The van der Waals surface area contributed by atoms with E-state index in [1.165, 1.54) is 6.92 Å². The second kappa shape index (κ2) is 8.00. The molecule has 0 heterocycles. The fourth-order valence-corrected chi connectivity index (χ4v) is 3.64. The largest absolute Gasteiger partial charge is 0.481 e. The lowest BCUT2D eigenvalue weighted by atomic mass is 9.81. The first kappa shape index (κ1) is 18.3. The third kappa shape index (κ3) is 4.61. The van der Waals surface area contributed by atoms with Crippen LogP contribution in [0.2, 0.25) is 0 Å². The van der Waals surface area contributed by atoms with Crippen LogP contribution in [0.25, 0.3) is 0 Å². The third-order valence-electron chi connectivity index (χ3n) is 4.69. The number of nitrogens with two attached hydrogens (primary N) is 1. The zero-order valence-corrected chi connectivity index (χ0v) is 13.6. The Labute approximate surface area is 131 Å². The van der Waals surface area contributed by atoms with Crippen molar-refractivity contribution in [1.29, 1.82) is 5.41 Å². The van der Waals surface area contributed by atoms with Crippen LogP contribution in [0.1, 0.15) is 46.5 Å². The van der Waals surface area contributed by atoms with Gasteiger partial charge in [-0.3, -0.25) is 15.0 Å². The Morgan fingerprint density at radius 1 is 1.32 bits per heavy atom. The number of carbonyl (C=O) groups excluding carboxylic acids is 1. The average molecular weight is 312 g/mol. The SMILES string of the molecule is CCC(CC)[C@@H](NC(C)=O)[C@@H]1C[C@@H](C(=O)O)C[C@H]1NC(=N)N. The van der Waals surface area contributed by atoms with Gasteiger partial charge in [-0.25, -0.2) is 0 Å². The van der Waals surface area contributed by atoms with Gasteiger partial charge in [-0.1, -0.05) is 26.7 Å². The highest BCUT2D eigenvalue weighted by Crippen LogP contribution is 2.37. The van der Waals surface area contributed by atoms with Crippen LogP contribution in [0.3, 0.4) is 0 Å². The number of nitrogens with one attached hydrogen (secondary N) is 3. The molecule has 126 valence electrons. The molecule has 6 N–H and O–H groups in total. The Hall–Kier alpha value is -1.79. The van der Waals surface area contributed by atoms with E-state index in [0.29, 0.717) is 12.8 Å². The van der Waals surface area contributed by atoms with Crippen molar-refractivity contribution in [3.8, 4) is 0 Å². The minimum atomic E-state index is -0.830. The minimum absolute atomic E-state index is 0.0428. The summed E-state index contributed by atoms with van der Waals surface area (Å²) in [4.78, 5) is 22.9. The van der Waals surface area contributed by atoms with E-state index >= 15 is 0 Å². The Kier molecular flexibility index (Phi) is 6.64.